The first-order valence-electron chi connectivity index (χ1n) is 5.80. The molecule has 0 aromatic carbocycles. The minimum Gasteiger partial charge on any atom is -0.489 e. The van der Waals surface area contributed by atoms with Gasteiger partial charge in [-0.1, -0.05) is 0 Å². The van der Waals surface area contributed by atoms with Crippen LogP contribution in [0.1, 0.15) is 13.3 Å². The molecule has 110 valence electrons. The van der Waals surface area contributed by atoms with E-state index in [1.54, 1.807) is 6.92 Å². The number of thioether (sulfide) groups is 1. The number of esters is 1. The molecule has 1 aliphatic carbocycles. The van der Waals surface area contributed by atoms with Crippen LogP contribution in [0.3, 0.4) is 0 Å². The summed E-state index contributed by atoms with van der Waals surface area (Å²) in [5.41, 5.74) is 0.294. The molecule has 0 saturated carbocycles. The van der Waals surface area contributed by atoms with Gasteiger partial charge in [-0.25, -0.2) is 0 Å². The number of rotatable bonds is 6. The van der Waals surface area contributed by atoms with Crippen molar-refractivity contribution in [2.24, 2.45) is 0 Å². The number of ketones is 2. The minimum absolute atomic E-state index is 0.0904. The monoisotopic (exact) mass is 300 g/mol. The van der Waals surface area contributed by atoms with Crippen molar-refractivity contribution in [3.05, 3.63) is 22.0 Å². The third-order valence-corrected chi connectivity index (χ3v) is 3.88. The average Bonchev–Trinajstić information content (AvgIpc) is 2.45. The fourth-order valence-electron chi connectivity index (χ4n) is 1.64. The van der Waals surface area contributed by atoms with E-state index in [1.165, 1.54) is 21.3 Å². The van der Waals surface area contributed by atoms with E-state index < -0.39 is 5.78 Å². The van der Waals surface area contributed by atoms with Gasteiger partial charge in [0.2, 0.25) is 23.1 Å². The summed E-state index contributed by atoms with van der Waals surface area (Å²) < 4.78 is 14.4. The second kappa shape index (κ2) is 7.14. The molecule has 0 unspecified atom stereocenters. The van der Waals surface area contributed by atoms with Crippen molar-refractivity contribution in [2.75, 3.05) is 27.1 Å². The molecule has 0 aliphatic heterocycles. The van der Waals surface area contributed by atoms with E-state index in [2.05, 4.69) is 4.74 Å². The SMILES string of the molecule is COC(=O)CCSC1=C(C)C(=O)C(OC)=C(OC)C1=O. The van der Waals surface area contributed by atoms with Crippen LogP contribution in [0, 0.1) is 0 Å². The molecule has 0 radical (unpaired) electrons. The molecule has 0 fully saturated rings. The number of carbonyl (C=O) groups excluding carboxylic acids is 3. The van der Waals surface area contributed by atoms with E-state index in [4.69, 9.17) is 9.47 Å². The lowest BCUT2D eigenvalue weighted by Crippen LogP contribution is -2.24. The molecular weight excluding hydrogens is 284 g/mol. The molecule has 1 aliphatic rings. The van der Waals surface area contributed by atoms with Crippen molar-refractivity contribution in [2.45, 2.75) is 13.3 Å². The topological polar surface area (TPSA) is 78.9 Å². The number of allylic oxidation sites excluding steroid dienone is 2. The zero-order chi connectivity index (χ0) is 15.3. The summed E-state index contributed by atoms with van der Waals surface area (Å²) in [7, 11) is 3.91. The second-order valence-corrected chi connectivity index (χ2v) is 4.96. The van der Waals surface area contributed by atoms with Crippen molar-refractivity contribution >= 4 is 29.3 Å². The maximum absolute atomic E-state index is 12.2. The van der Waals surface area contributed by atoms with Gasteiger partial charge in [0.25, 0.3) is 0 Å². The molecule has 20 heavy (non-hydrogen) atoms. The minimum atomic E-state index is -0.406. The summed E-state index contributed by atoms with van der Waals surface area (Å²) in [4.78, 5) is 35.6. The number of methoxy groups -OCH3 is 3. The average molecular weight is 300 g/mol. The highest BCUT2D eigenvalue weighted by Gasteiger charge is 2.34. The Morgan fingerprint density at radius 2 is 1.60 bits per heavy atom. The molecular formula is C13H16O6S. The van der Waals surface area contributed by atoms with Gasteiger partial charge >= 0.3 is 5.97 Å². The normalized spacial score (nSPS) is 15.6. The second-order valence-electron chi connectivity index (χ2n) is 3.85. The Morgan fingerprint density at radius 3 is 2.10 bits per heavy atom. The van der Waals surface area contributed by atoms with Gasteiger partial charge in [0.1, 0.15) is 0 Å². The lowest BCUT2D eigenvalue weighted by molar-refractivity contribution is -0.140. The molecule has 6 nitrogen and oxygen atoms in total. The van der Waals surface area contributed by atoms with Crippen molar-refractivity contribution in [3.63, 3.8) is 0 Å². The molecule has 0 bridgehead atoms. The molecule has 0 atom stereocenters. The standard InChI is InChI=1S/C13H16O6S/c1-7-9(15)11(18-3)12(19-4)10(16)13(7)20-6-5-8(14)17-2/h5-6H2,1-4H3. The van der Waals surface area contributed by atoms with E-state index in [-0.39, 0.29) is 34.6 Å². The molecule has 0 heterocycles. The number of hydrogen-bond donors (Lipinski definition) is 0. The first-order valence-corrected chi connectivity index (χ1v) is 6.78. The van der Waals surface area contributed by atoms with Crippen molar-refractivity contribution in [1.82, 2.24) is 0 Å². The summed E-state index contributed by atoms with van der Waals surface area (Å²) in [5, 5.41) is 0. The van der Waals surface area contributed by atoms with E-state index >= 15 is 0 Å². The third kappa shape index (κ3) is 3.22. The van der Waals surface area contributed by atoms with E-state index in [9.17, 15) is 14.4 Å². The highest BCUT2D eigenvalue weighted by molar-refractivity contribution is 8.04. The highest BCUT2D eigenvalue weighted by atomic mass is 32.2. The lowest BCUT2D eigenvalue weighted by Gasteiger charge is -2.19. The van der Waals surface area contributed by atoms with Crippen LogP contribution in [0.25, 0.3) is 0 Å². The van der Waals surface area contributed by atoms with Crippen LogP contribution < -0.4 is 0 Å². The fourth-order valence-corrected chi connectivity index (χ4v) is 2.64. The predicted octanol–water partition coefficient (Wildman–Crippen LogP) is 1.21. The number of carbonyl (C=O) groups is 3. The molecule has 0 aromatic heterocycles. The maximum Gasteiger partial charge on any atom is 0.306 e. The van der Waals surface area contributed by atoms with Gasteiger partial charge in [-0.3, -0.25) is 14.4 Å². The van der Waals surface area contributed by atoms with Crippen molar-refractivity contribution in [3.8, 4) is 0 Å². The van der Waals surface area contributed by atoms with Crippen LogP contribution in [0.15, 0.2) is 22.0 Å². The Bertz CT molecular complexity index is 503. The van der Waals surface area contributed by atoms with Gasteiger partial charge in [0.15, 0.2) is 0 Å². The maximum atomic E-state index is 12.2. The molecule has 0 amide bonds. The Balaban J connectivity index is 2.91. The smallest absolute Gasteiger partial charge is 0.306 e. The van der Waals surface area contributed by atoms with Crippen LogP contribution in [0.2, 0.25) is 0 Å². The lowest BCUT2D eigenvalue weighted by atomic mass is 10.0. The Labute approximate surface area is 121 Å². The van der Waals surface area contributed by atoms with Gasteiger partial charge in [-0.15, -0.1) is 11.8 Å². The van der Waals surface area contributed by atoms with E-state index in [0.717, 1.165) is 11.8 Å². The zero-order valence-corrected chi connectivity index (χ0v) is 12.6. The van der Waals surface area contributed by atoms with Crippen LogP contribution in [-0.2, 0) is 28.6 Å². The van der Waals surface area contributed by atoms with E-state index in [1.807, 2.05) is 0 Å². The number of Topliss-reactive ketones (excluding diaryl/α,β-unsaturated/α-hetero) is 2. The Morgan fingerprint density at radius 1 is 1.05 bits per heavy atom. The van der Waals surface area contributed by atoms with Gasteiger partial charge in [-0.2, -0.15) is 0 Å². The molecule has 1 rings (SSSR count). The molecule has 0 aromatic rings. The van der Waals surface area contributed by atoms with Gasteiger partial charge in [0.05, 0.1) is 32.7 Å². The summed E-state index contributed by atoms with van der Waals surface area (Å²) >= 11 is 1.13. The van der Waals surface area contributed by atoms with Crippen LogP contribution in [0.5, 0.6) is 0 Å². The van der Waals surface area contributed by atoms with Gasteiger partial charge in [0, 0.05) is 11.3 Å². The highest BCUT2D eigenvalue weighted by Crippen LogP contribution is 2.32. The largest absolute Gasteiger partial charge is 0.489 e. The molecule has 7 heteroatoms. The van der Waals surface area contributed by atoms with Gasteiger partial charge in [-0.05, 0) is 6.92 Å². The third-order valence-electron chi connectivity index (χ3n) is 2.69. The van der Waals surface area contributed by atoms with Crippen molar-refractivity contribution < 1.29 is 28.6 Å². The van der Waals surface area contributed by atoms with Crippen LogP contribution >= 0.6 is 11.8 Å². The summed E-state index contributed by atoms with van der Waals surface area (Å²) in [6.45, 7) is 1.55. The van der Waals surface area contributed by atoms with Gasteiger partial charge < -0.3 is 14.2 Å². The summed E-state index contributed by atoms with van der Waals surface area (Å²) in [5.74, 6) is -1.01. The fraction of sp³-hybridized carbons (Fsp3) is 0.462. The van der Waals surface area contributed by atoms with Crippen LogP contribution in [-0.4, -0.2) is 44.6 Å². The number of hydrogen-bond acceptors (Lipinski definition) is 7. The predicted molar refractivity (Wildman–Crippen MR) is 72.8 cm³/mol. The Kier molecular flexibility index (Phi) is 5.82. The number of ether oxygens (including phenoxy) is 3. The van der Waals surface area contributed by atoms with Crippen LogP contribution in [0.4, 0.5) is 0 Å². The molecule has 0 spiro atoms. The quantitative estimate of drug-likeness (QED) is 0.539. The molecule has 0 N–H and O–H groups in total. The summed E-state index contributed by atoms with van der Waals surface area (Å²) in [6.07, 6.45) is 0.155. The van der Waals surface area contributed by atoms with E-state index in [0.29, 0.717) is 11.3 Å². The zero-order valence-electron chi connectivity index (χ0n) is 11.8. The van der Waals surface area contributed by atoms with Crippen molar-refractivity contribution in [1.29, 1.82) is 0 Å². The summed E-state index contributed by atoms with van der Waals surface area (Å²) in [6, 6.07) is 0. The molecule has 0 saturated heterocycles. The Hall–Kier alpha value is -1.76. The first-order chi connectivity index (χ1) is 9.47. The first kappa shape index (κ1) is 16.3.